The maximum Gasteiger partial charge on any atom is 0.314 e. The van der Waals surface area contributed by atoms with Crippen LogP contribution in [-0.4, -0.2) is 22.8 Å². The van der Waals surface area contributed by atoms with Gasteiger partial charge in [-0.1, -0.05) is 32.0 Å². The number of carbonyl (C=O) groups excluding carboxylic acids is 2. The van der Waals surface area contributed by atoms with E-state index in [1.54, 1.807) is 0 Å². The van der Waals surface area contributed by atoms with Gasteiger partial charge in [0, 0.05) is 12.1 Å². The van der Waals surface area contributed by atoms with Crippen LogP contribution < -0.4 is 5.32 Å². The van der Waals surface area contributed by atoms with Gasteiger partial charge in [-0.3, -0.25) is 14.4 Å². The van der Waals surface area contributed by atoms with Gasteiger partial charge in [0.25, 0.3) is 0 Å². The standard InChI is InChI=1S/C16H21NO4/c1-4-11-7-6-8-12(5-2)15(11)17-14(19)9-13(10(3)18)16(20)21/h6-8,13H,4-5,9H2,1-3H3,(H,17,19)(H,20,21). The summed E-state index contributed by atoms with van der Waals surface area (Å²) >= 11 is 0. The maximum absolute atomic E-state index is 12.0. The lowest BCUT2D eigenvalue weighted by molar-refractivity contribution is -0.147. The van der Waals surface area contributed by atoms with Crippen molar-refractivity contribution in [2.24, 2.45) is 5.92 Å². The summed E-state index contributed by atoms with van der Waals surface area (Å²) in [7, 11) is 0. The summed E-state index contributed by atoms with van der Waals surface area (Å²) in [4.78, 5) is 34.3. The fourth-order valence-corrected chi connectivity index (χ4v) is 2.18. The number of para-hydroxylation sites is 1. The number of hydrogen-bond donors (Lipinski definition) is 2. The third-order valence-electron chi connectivity index (χ3n) is 3.44. The fraction of sp³-hybridized carbons (Fsp3) is 0.438. The molecule has 0 aliphatic carbocycles. The summed E-state index contributed by atoms with van der Waals surface area (Å²) < 4.78 is 0. The van der Waals surface area contributed by atoms with E-state index in [1.807, 2.05) is 32.0 Å². The Kier molecular flexibility index (Phi) is 6.09. The molecule has 1 aromatic carbocycles. The van der Waals surface area contributed by atoms with Gasteiger partial charge in [-0.2, -0.15) is 0 Å². The topological polar surface area (TPSA) is 83.5 Å². The molecule has 2 N–H and O–H groups in total. The minimum atomic E-state index is -1.29. The molecule has 0 saturated heterocycles. The van der Waals surface area contributed by atoms with Crippen LogP contribution in [0.25, 0.3) is 0 Å². The van der Waals surface area contributed by atoms with Crippen molar-refractivity contribution in [2.45, 2.75) is 40.0 Å². The Hall–Kier alpha value is -2.17. The molecular weight excluding hydrogens is 270 g/mol. The van der Waals surface area contributed by atoms with Crippen LogP contribution in [0.2, 0.25) is 0 Å². The Labute approximate surface area is 124 Å². The molecule has 0 aliphatic heterocycles. The van der Waals surface area contributed by atoms with Crippen molar-refractivity contribution in [1.82, 2.24) is 0 Å². The number of carbonyl (C=O) groups is 3. The molecule has 5 heteroatoms. The Morgan fingerprint density at radius 1 is 1.14 bits per heavy atom. The monoisotopic (exact) mass is 291 g/mol. The molecule has 0 fully saturated rings. The predicted molar refractivity (Wildman–Crippen MR) is 80.3 cm³/mol. The Morgan fingerprint density at radius 2 is 1.67 bits per heavy atom. The summed E-state index contributed by atoms with van der Waals surface area (Å²) in [6, 6.07) is 5.78. The van der Waals surface area contributed by atoms with E-state index in [9.17, 15) is 14.4 Å². The largest absolute Gasteiger partial charge is 0.481 e. The molecule has 0 aromatic heterocycles. The second-order valence-electron chi connectivity index (χ2n) is 4.91. The number of hydrogen-bond acceptors (Lipinski definition) is 3. The first kappa shape index (κ1) is 16.9. The van der Waals surface area contributed by atoms with Crippen LogP contribution in [0.3, 0.4) is 0 Å². The minimum Gasteiger partial charge on any atom is -0.481 e. The zero-order valence-corrected chi connectivity index (χ0v) is 12.6. The molecule has 1 amide bonds. The first-order valence-electron chi connectivity index (χ1n) is 7.04. The normalized spacial score (nSPS) is 11.8. The number of rotatable bonds is 7. The first-order valence-corrected chi connectivity index (χ1v) is 7.04. The van der Waals surface area contributed by atoms with Crippen LogP contribution >= 0.6 is 0 Å². The van der Waals surface area contributed by atoms with Crippen LogP contribution in [-0.2, 0) is 27.2 Å². The first-order chi connectivity index (χ1) is 9.90. The maximum atomic E-state index is 12.0. The lowest BCUT2D eigenvalue weighted by Gasteiger charge is -2.15. The zero-order valence-electron chi connectivity index (χ0n) is 12.6. The molecule has 1 aromatic rings. The SMILES string of the molecule is CCc1cccc(CC)c1NC(=O)CC(C(C)=O)C(=O)O. The number of aryl methyl sites for hydroxylation is 2. The van der Waals surface area contributed by atoms with Gasteiger partial charge < -0.3 is 10.4 Å². The number of anilines is 1. The highest BCUT2D eigenvalue weighted by Gasteiger charge is 2.26. The Balaban J connectivity index is 2.93. The van der Waals surface area contributed by atoms with E-state index in [1.165, 1.54) is 6.92 Å². The average molecular weight is 291 g/mol. The highest BCUT2D eigenvalue weighted by Crippen LogP contribution is 2.23. The van der Waals surface area contributed by atoms with E-state index in [-0.39, 0.29) is 6.42 Å². The van der Waals surface area contributed by atoms with Crippen LogP contribution in [0, 0.1) is 5.92 Å². The number of ketones is 1. The Bertz CT molecular complexity index is 515. The van der Waals surface area contributed by atoms with Gasteiger partial charge in [0.1, 0.15) is 11.7 Å². The van der Waals surface area contributed by atoms with Crippen LogP contribution in [0.15, 0.2) is 18.2 Å². The van der Waals surface area contributed by atoms with Gasteiger partial charge in [-0.15, -0.1) is 0 Å². The predicted octanol–water partition coefficient (Wildman–Crippen LogP) is 2.43. The van der Waals surface area contributed by atoms with Gasteiger partial charge in [0.05, 0.1) is 0 Å². The van der Waals surface area contributed by atoms with Gasteiger partial charge in [0.2, 0.25) is 5.91 Å². The molecule has 0 bridgehead atoms. The molecule has 21 heavy (non-hydrogen) atoms. The van der Waals surface area contributed by atoms with E-state index in [2.05, 4.69) is 5.32 Å². The lowest BCUT2D eigenvalue weighted by Crippen LogP contribution is -2.27. The van der Waals surface area contributed by atoms with Crippen LogP contribution in [0.1, 0.15) is 38.3 Å². The van der Waals surface area contributed by atoms with Crippen molar-refractivity contribution < 1.29 is 19.5 Å². The number of benzene rings is 1. The van der Waals surface area contributed by atoms with Crippen molar-refractivity contribution >= 4 is 23.3 Å². The summed E-state index contributed by atoms with van der Waals surface area (Å²) in [6.45, 7) is 5.16. The van der Waals surface area contributed by atoms with Gasteiger partial charge in [0.15, 0.2) is 0 Å². The lowest BCUT2D eigenvalue weighted by atomic mass is 9.99. The van der Waals surface area contributed by atoms with Crippen molar-refractivity contribution in [3.05, 3.63) is 29.3 Å². The minimum absolute atomic E-state index is 0.341. The van der Waals surface area contributed by atoms with E-state index < -0.39 is 23.6 Å². The summed E-state index contributed by atoms with van der Waals surface area (Å²) in [5, 5.41) is 11.7. The third-order valence-corrected chi connectivity index (χ3v) is 3.44. The molecule has 0 aliphatic rings. The van der Waals surface area contributed by atoms with E-state index in [0.29, 0.717) is 0 Å². The molecule has 0 saturated carbocycles. The number of amides is 1. The molecule has 1 unspecified atom stereocenters. The average Bonchev–Trinajstić information content (AvgIpc) is 2.44. The second kappa shape index (κ2) is 7.57. The number of nitrogens with one attached hydrogen (secondary N) is 1. The highest BCUT2D eigenvalue weighted by molar-refractivity contribution is 6.03. The van der Waals surface area contributed by atoms with Gasteiger partial charge >= 0.3 is 5.97 Å². The summed E-state index contributed by atoms with van der Waals surface area (Å²) in [6.07, 6.45) is 1.18. The van der Waals surface area contributed by atoms with Crippen LogP contribution in [0.4, 0.5) is 5.69 Å². The summed E-state index contributed by atoms with van der Waals surface area (Å²) in [5.74, 6) is -3.52. The van der Waals surface area contributed by atoms with Crippen molar-refractivity contribution in [2.75, 3.05) is 5.32 Å². The molecule has 0 radical (unpaired) electrons. The third kappa shape index (κ3) is 4.41. The zero-order chi connectivity index (χ0) is 16.0. The van der Waals surface area contributed by atoms with Crippen molar-refractivity contribution in [3.8, 4) is 0 Å². The quantitative estimate of drug-likeness (QED) is 0.756. The van der Waals surface area contributed by atoms with E-state index >= 15 is 0 Å². The molecular formula is C16H21NO4. The highest BCUT2D eigenvalue weighted by atomic mass is 16.4. The smallest absolute Gasteiger partial charge is 0.314 e. The van der Waals surface area contributed by atoms with E-state index in [0.717, 1.165) is 29.7 Å². The summed E-state index contributed by atoms with van der Waals surface area (Å²) in [5.41, 5.74) is 2.73. The van der Waals surface area contributed by atoms with E-state index in [4.69, 9.17) is 5.11 Å². The number of carboxylic acid groups (broad SMARTS) is 1. The number of carboxylic acids is 1. The molecule has 1 atom stereocenters. The molecule has 0 spiro atoms. The van der Waals surface area contributed by atoms with Crippen molar-refractivity contribution in [1.29, 1.82) is 0 Å². The van der Waals surface area contributed by atoms with Gasteiger partial charge in [-0.05, 0) is 30.9 Å². The molecule has 1 rings (SSSR count). The molecule has 0 heterocycles. The number of aliphatic carboxylic acids is 1. The van der Waals surface area contributed by atoms with Crippen molar-refractivity contribution in [3.63, 3.8) is 0 Å². The molecule has 114 valence electrons. The fourth-order valence-electron chi connectivity index (χ4n) is 2.18. The molecule has 5 nitrogen and oxygen atoms in total. The van der Waals surface area contributed by atoms with Gasteiger partial charge in [-0.25, -0.2) is 0 Å². The van der Waals surface area contributed by atoms with Crippen LogP contribution in [0.5, 0.6) is 0 Å². The Morgan fingerprint density at radius 3 is 2.05 bits per heavy atom. The number of Topliss-reactive ketones (excluding diaryl/α,β-unsaturated/α-hetero) is 1. The second-order valence-corrected chi connectivity index (χ2v) is 4.91.